The number of hydrogen-bond acceptors (Lipinski definition) is 3. The first-order valence-corrected chi connectivity index (χ1v) is 10.4. The molecule has 2 atom stereocenters. The molecule has 0 saturated carbocycles. The fourth-order valence-corrected chi connectivity index (χ4v) is 4.14. The van der Waals surface area contributed by atoms with Gasteiger partial charge in [-0.2, -0.15) is 0 Å². The molecule has 0 aliphatic rings. The summed E-state index contributed by atoms with van der Waals surface area (Å²) in [5.41, 5.74) is 4.21. The average molecular weight is 416 g/mol. The number of furan rings is 1. The summed E-state index contributed by atoms with van der Waals surface area (Å²) < 4.78 is 6.02. The molecule has 0 amide bonds. The second-order valence-corrected chi connectivity index (χ2v) is 7.90. The van der Waals surface area contributed by atoms with Crippen molar-refractivity contribution in [2.75, 3.05) is 0 Å². The van der Waals surface area contributed by atoms with E-state index in [2.05, 4.69) is 13.0 Å². The van der Waals surface area contributed by atoms with Crippen molar-refractivity contribution in [2.45, 2.75) is 26.2 Å². The molecule has 0 bridgehead atoms. The van der Waals surface area contributed by atoms with Crippen LogP contribution in [0.25, 0.3) is 21.9 Å². The predicted molar refractivity (Wildman–Crippen MR) is 119 cm³/mol. The van der Waals surface area contributed by atoms with Gasteiger partial charge >= 0.3 is 11.9 Å². The van der Waals surface area contributed by atoms with Crippen molar-refractivity contribution in [3.63, 3.8) is 0 Å². The molecule has 3 aromatic carbocycles. The second kappa shape index (κ2) is 8.64. The van der Waals surface area contributed by atoms with E-state index in [4.69, 9.17) is 4.42 Å². The van der Waals surface area contributed by atoms with Crippen molar-refractivity contribution < 1.29 is 24.2 Å². The first-order chi connectivity index (χ1) is 15.0. The highest BCUT2D eigenvalue weighted by molar-refractivity contribution is 6.05. The summed E-state index contributed by atoms with van der Waals surface area (Å²) >= 11 is 0. The van der Waals surface area contributed by atoms with Crippen molar-refractivity contribution in [3.8, 4) is 0 Å². The fraction of sp³-hybridized carbons (Fsp3) is 0.231. The van der Waals surface area contributed by atoms with E-state index in [1.54, 1.807) is 0 Å². The van der Waals surface area contributed by atoms with Crippen LogP contribution in [-0.2, 0) is 28.9 Å². The zero-order chi connectivity index (χ0) is 22.0. The number of benzene rings is 3. The molecule has 4 rings (SSSR count). The lowest BCUT2D eigenvalue weighted by Gasteiger charge is -2.20. The van der Waals surface area contributed by atoms with Crippen LogP contribution in [0.4, 0.5) is 0 Å². The quantitative estimate of drug-likeness (QED) is 0.405. The van der Waals surface area contributed by atoms with Gasteiger partial charge in [-0.1, -0.05) is 61.5 Å². The first-order valence-electron chi connectivity index (χ1n) is 10.4. The van der Waals surface area contributed by atoms with Gasteiger partial charge in [-0.3, -0.25) is 9.59 Å². The van der Waals surface area contributed by atoms with Crippen LogP contribution < -0.4 is 0 Å². The molecular weight excluding hydrogens is 392 g/mol. The lowest BCUT2D eigenvalue weighted by atomic mass is 9.82. The minimum absolute atomic E-state index is 0.117. The summed E-state index contributed by atoms with van der Waals surface area (Å²) in [5.74, 6) is -4.29. The molecule has 1 aromatic heterocycles. The van der Waals surface area contributed by atoms with E-state index in [1.807, 2.05) is 60.7 Å². The van der Waals surface area contributed by atoms with E-state index in [0.717, 1.165) is 33.9 Å². The van der Waals surface area contributed by atoms with Crippen LogP contribution in [0.3, 0.4) is 0 Å². The van der Waals surface area contributed by atoms with E-state index < -0.39 is 23.8 Å². The maximum absolute atomic E-state index is 12.0. The molecule has 2 N–H and O–H groups in total. The van der Waals surface area contributed by atoms with Gasteiger partial charge in [0.25, 0.3) is 0 Å². The summed E-state index contributed by atoms with van der Waals surface area (Å²) in [5, 5.41) is 21.6. The number of hydrogen-bond donors (Lipinski definition) is 2. The van der Waals surface area contributed by atoms with E-state index in [-0.39, 0.29) is 12.8 Å². The minimum atomic E-state index is -1.11. The first kappa shape index (κ1) is 20.7. The van der Waals surface area contributed by atoms with Crippen molar-refractivity contribution in [1.29, 1.82) is 0 Å². The number of fused-ring (bicyclic) bond motifs is 3. The molecule has 0 spiro atoms. The highest BCUT2D eigenvalue weighted by Gasteiger charge is 2.34. The molecule has 5 nitrogen and oxygen atoms in total. The van der Waals surface area contributed by atoms with Crippen molar-refractivity contribution >= 4 is 33.9 Å². The highest BCUT2D eigenvalue weighted by atomic mass is 16.4. The van der Waals surface area contributed by atoms with E-state index >= 15 is 0 Å². The Morgan fingerprint density at radius 2 is 1.26 bits per heavy atom. The molecule has 0 aliphatic heterocycles. The molecule has 31 heavy (non-hydrogen) atoms. The molecule has 5 heteroatoms. The second-order valence-electron chi connectivity index (χ2n) is 7.90. The number of aryl methyl sites for hydroxylation is 1. The summed E-state index contributed by atoms with van der Waals surface area (Å²) in [7, 11) is 0. The molecular formula is C26H24O5. The third-order valence-electron chi connectivity index (χ3n) is 5.88. The lowest BCUT2D eigenvalue weighted by molar-refractivity contribution is -0.153. The van der Waals surface area contributed by atoms with Crippen LogP contribution >= 0.6 is 0 Å². The van der Waals surface area contributed by atoms with Crippen LogP contribution in [-0.4, -0.2) is 22.2 Å². The summed E-state index contributed by atoms with van der Waals surface area (Å²) in [6.45, 7) is 2.09. The number of aliphatic carboxylic acids is 2. The van der Waals surface area contributed by atoms with Crippen LogP contribution in [0.2, 0.25) is 0 Å². The highest BCUT2D eigenvalue weighted by Crippen LogP contribution is 2.31. The van der Waals surface area contributed by atoms with Gasteiger partial charge in [0.2, 0.25) is 0 Å². The minimum Gasteiger partial charge on any atom is -0.481 e. The fourth-order valence-electron chi connectivity index (χ4n) is 4.14. The number of carboxylic acid groups (broad SMARTS) is 2. The molecule has 158 valence electrons. The maximum Gasteiger partial charge on any atom is 0.307 e. The normalized spacial score (nSPS) is 13.3. The Balaban J connectivity index is 1.65. The van der Waals surface area contributed by atoms with Gasteiger partial charge in [-0.05, 0) is 48.1 Å². The van der Waals surface area contributed by atoms with Crippen LogP contribution in [0.15, 0.2) is 71.1 Å². The lowest BCUT2D eigenvalue weighted by Crippen LogP contribution is -2.33. The van der Waals surface area contributed by atoms with Crippen molar-refractivity contribution in [3.05, 3.63) is 83.4 Å². The number of rotatable bonds is 8. The monoisotopic (exact) mass is 416 g/mol. The average Bonchev–Trinajstić information content (AvgIpc) is 3.13. The van der Waals surface area contributed by atoms with Gasteiger partial charge in [0.15, 0.2) is 0 Å². The van der Waals surface area contributed by atoms with Crippen LogP contribution in [0.5, 0.6) is 0 Å². The molecule has 0 saturated heterocycles. The zero-order valence-electron chi connectivity index (χ0n) is 17.2. The van der Waals surface area contributed by atoms with Crippen molar-refractivity contribution in [1.82, 2.24) is 0 Å². The molecule has 1 heterocycles. The molecule has 0 unspecified atom stereocenters. The van der Waals surface area contributed by atoms with Gasteiger partial charge in [0.1, 0.15) is 11.2 Å². The van der Waals surface area contributed by atoms with E-state index in [9.17, 15) is 19.8 Å². The molecule has 4 aromatic rings. The summed E-state index contributed by atoms with van der Waals surface area (Å²) in [4.78, 5) is 24.0. The summed E-state index contributed by atoms with van der Waals surface area (Å²) in [6, 6.07) is 20.9. The molecule has 0 radical (unpaired) electrons. The number of carboxylic acids is 2. The Kier molecular flexibility index (Phi) is 5.76. The SMILES string of the molecule is CCc1ccc2c(c1)oc1cc(C[C@H](C(=O)O)[C@H](Cc3ccccc3)C(=O)O)ccc12. The standard InChI is InChI=1S/C26H24O5/c1-2-16-8-10-19-20-11-9-18(15-24(20)31-23(19)14-16)13-22(26(29)30)21(25(27)28)12-17-6-4-3-5-7-17/h3-11,14-15,21-22H,2,12-13H2,1H3,(H,27,28)(H,29,30)/t21-,22-/m0/s1. The van der Waals surface area contributed by atoms with Crippen molar-refractivity contribution in [2.24, 2.45) is 11.8 Å². The zero-order valence-corrected chi connectivity index (χ0v) is 17.2. The Labute approximate surface area is 179 Å². The van der Waals surface area contributed by atoms with Crippen LogP contribution in [0, 0.1) is 11.8 Å². The van der Waals surface area contributed by atoms with E-state index in [0.29, 0.717) is 5.58 Å². The smallest absolute Gasteiger partial charge is 0.307 e. The molecule has 0 fully saturated rings. The Hall–Kier alpha value is -3.60. The van der Waals surface area contributed by atoms with Gasteiger partial charge in [0.05, 0.1) is 11.8 Å². The largest absolute Gasteiger partial charge is 0.481 e. The Morgan fingerprint density at radius 3 is 1.81 bits per heavy atom. The predicted octanol–water partition coefficient (Wildman–Crippen LogP) is 5.34. The maximum atomic E-state index is 12.0. The Bertz CT molecular complexity index is 1240. The van der Waals surface area contributed by atoms with E-state index in [1.165, 1.54) is 5.56 Å². The molecule has 0 aliphatic carbocycles. The van der Waals surface area contributed by atoms with Gasteiger partial charge in [0, 0.05) is 10.8 Å². The number of carbonyl (C=O) groups is 2. The third kappa shape index (κ3) is 4.31. The van der Waals surface area contributed by atoms with Gasteiger partial charge in [-0.25, -0.2) is 0 Å². The van der Waals surface area contributed by atoms with Crippen LogP contribution in [0.1, 0.15) is 23.6 Å². The topological polar surface area (TPSA) is 87.7 Å². The van der Waals surface area contributed by atoms with Gasteiger partial charge in [-0.15, -0.1) is 0 Å². The third-order valence-corrected chi connectivity index (χ3v) is 5.88. The van der Waals surface area contributed by atoms with Gasteiger partial charge < -0.3 is 14.6 Å². The summed E-state index contributed by atoms with van der Waals surface area (Å²) in [6.07, 6.45) is 1.20. The Morgan fingerprint density at radius 1 is 0.742 bits per heavy atom.